The third-order valence-corrected chi connectivity index (χ3v) is 3.86. The first kappa shape index (κ1) is 18.8. The van der Waals surface area contributed by atoms with Gasteiger partial charge in [-0.3, -0.25) is 10.1 Å². The van der Waals surface area contributed by atoms with Gasteiger partial charge in [0.05, 0.1) is 0 Å². The Morgan fingerprint density at radius 2 is 1.92 bits per heavy atom. The molecule has 0 aromatic heterocycles. The lowest BCUT2D eigenvalue weighted by atomic mass is 10.1. The van der Waals surface area contributed by atoms with Crippen LogP contribution in [0.1, 0.15) is 37.3 Å². The number of ether oxygens (including phenoxy) is 2. The molecular weight excluding hydrogens is 324 g/mol. The Kier molecular flexibility index (Phi) is 7.25. The molecule has 1 aromatic carbocycles. The van der Waals surface area contributed by atoms with Crippen molar-refractivity contribution in [3.63, 3.8) is 0 Å². The Bertz CT molecular complexity index is 630. The van der Waals surface area contributed by atoms with Gasteiger partial charge in [-0.15, -0.1) is 0 Å². The second-order valence-corrected chi connectivity index (χ2v) is 5.89. The highest BCUT2D eigenvalue weighted by Crippen LogP contribution is 2.25. The summed E-state index contributed by atoms with van der Waals surface area (Å²) in [6, 6.07) is 5.17. The van der Waals surface area contributed by atoms with Gasteiger partial charge in [-0.2, -0.15) is 0 Å². The summed E-state index contributed by atoms with van der Waals surface area (Å²) in [6.07, 6.45) is 5.02. The van der Waals surface area contributed by atoms with Gasteiger partial charge in [-0.1, -0.05) is 19.4 Å². The summed E-state index contributed by atoms with van der Waals surface area (Å²) in [7, 11) is 0. The van der Waals surface area contributed by atoms with Crippen LogP contribution in [0.15, 0.2) is 18.2 Å². The van der Waals surface area contributed by atoms with Gasteiger partial charge in [0.25, 0.3) is 5.91 Å². The number of esters is 1. The summed E-state index contributed by atoms with van der Waals surface area (Å²) in [4.78, 5) is 34.5. The average Bonchev–Trinajstić information content (AvgIpc) is 3.06. The fourth-order valence-electron chi connectivity index (χ4n) is 2.55. The van der Waals surface area contributed by atoms with Crippen molar-refractivity contribution in [2.45, 2.75) is 39.0 Å². The summed E-state index contributed by atoms with van der Waals surface area (Å²) < 4.78 is 10.2. The Hall–Kier alpha value is -2.57. The maximum absolute atomic E-state index is 11.6. The van der Waals surface area contributed by atoms with Crippen LogP contribution in [0.4, 0.5) is 4.79 Å². The third-order valence-electron chi connectivity index (χ3n) is 3.86. The smallest absolute Gasteiger partial charge is 0.344 e. The van der Waals surface area contributed by atoms with Crippen molar-refractivity contribution in [2.75, 3.05) is 19.8 Å². The number of carbonyl (C=O) groups excluding carboxylic acids is 3. The van der Waals surface area contributed by atoms with Gasteiger partial charge in [0.2, 0.25) is 0 Å². The maximum atomic E-state index is 11.6. The molecule has 0 fully saturated rings. The Balaban J connectivity index is 1.63. The number of nitrogens with one attached hydrogen (secondary N) is 2. The van der Waals surface area contributed by atoms with Gasteiger partial charge in [-0.25, -0.2) is 9.59 Å². The van der Waals surface area contributed by atoms with E-state index in [1.807, 2.05) is 25.1 Å². The van der Waals surface area contributed by atoms with Crippen molar-refractivity contribution in [1.29, 1.82) is 0 Å². The van der Waals surface area contributed by atoms with Crippen LogP contribution in [0.5, 0.6) is 5.75 Å². The molecule has 0 heterocycles. The molecule has 3 amide bonds. The molecular formula is C18H24N2O5. The summed E-state index contributed by atoms with van der Waals surface area (Å²) in [5.41, 5.74) is 2.57. The topological polar surface area (TPSA) is 93.7 Å². The van der Waals surface area contributed by atoms with Crippen LogP contribution >= 0.6 is 0 Å². The molecule has 0 saturated carbocycles. The van der Waals surface area contributed by atoms with E-state index < -0.39 is 24.5 Å². The molecule has 0 radical (unpaired) electrons. The molecule has 25 heavy (non-hydrogen) atoms. The summed E-state index contributed by atoms with van der Waals surface area (Å²) in [6.45, 7) is 1.68. The molecule has 7 heteroatoms. The number of benzene rings is 1. The number of imide groups is 1. The summed E-state index contributed by atoms with van der Waals surface area (Å²) in [5.74, 6) is -0.737. The molecule has 0 bridgehead atoms. The Morgan fingerprint density at radius 1 is 1.12 bits per heavy atom. The summed E-state index contributed by atoms with van der Waals surface area (Å²) >= 11 is 0. The molecule has 0 spiro atoms. The molecule has 2 N–H and O–H groups in total. The molecule has 1 aliphatic rings. The predicted molar refractivity (Wildman–Crippen MR) is 91.4 cm³/mol. The fourth-order valence-corrected chi connectivity index (χ4v) is 2.55. The number of amides is 3. The Labute approximate surface area is 147 Å². The standard InChI is InChI=1S/C18H24N2O5/c1-2-3-9-19-18(23)20-16(21)11-25-17(22)12-24-15-8-7-13-5-4-6-14(13)10-15/h7-8,10H,2-6,9,11-12H2,1H3,(H2,19,20,21,23). The lowest BCUT2D eigenvalue weighted by Gasteiger charge is -2.09. The molecule has 0 unspecified atom stereocenters. The van der Waals surface area contributed by atoms with Gasteiger partial charge in [0.15, 0.2) is 13.2 Å². The van der Waals surface area contributed by atoms with E-state index in [1.54, 1.807) is 0 Å². The number of hydrogen-bond acceptors (Lipinski definition) is 5. The zero-order valence-corrected chi connectivity index (χ0v) is 14.4. The first-order valence-corrected chi connectivity index (χ1v) is 8.56. The van der Waals surface area contributed by atoms with Crippen molar-refractivity contribution in [2.24, 2.45) is 0 Å². The molecule has 0 saturated heterocycles. The highest BCUT2D eigenvalue weighted by molar-refractivity contribution is 5.95. The molecule has 7 nitrogen and oxygen atoms in total. The van der Waals surface area contributed by atoms with E-state index in [-0.39, 0.29) is 6.61 Å². The van der Waals surface area contributed by atoms with Crippen LogP contribution in [-0.2, 0) is 27.2 Å². The van der Waals surface area contributed by atoms with Gasteiger partial charge >= 0.3 is 12.0 Å². The quantitative estimate of drug-likeness (QED) is 0.551. The molecule has 1 aromatic rings. The number of hydrogen-bond donors (Lipinski definition) is 2. The third kappa shape index (κ3) is 6.45. The maximum Gasteiger partial charge on any atom is 0.344 e. The number of urea groups is 1. The van der Waals surface area contributed by atoms with E-state index >= 15 is 0 Å². The molecule has 0 atom stereocenters. The van der Waals surface area contributed by atoms with Gasteiger partial charge in [0.1, 0.15) is 5.75 Å². The second kappa shape index (κ2) is 9.66. The zero-order valence-electron chi connectivity index (χ0n) is 14.4. The van der Waals surface area contributed by atoms with Crippen LogP contribution < -0.4 is 15.4 Å². The van der Waals surface area contributed by atoms with E-state index in [2.05, 4.69) is 10.6 Å². The number of carbonyl (C=O) groups is 3. The molecule has 2 rings (SSSR count). The largest absolute Gasteiger partial charge is 0.482 e. The number of rotatable bonds is 8. The van der Waals surface area contributed by atoms with Crippen molar-refractivity contribution in [1.82, 2.24) is 10.6 Å². The van der Waals surface area contributed by atoms with Crippen molar-refractivity contribution in [3.8, 4) is 5.75 Å². The van der Waals surface area contributed by atoms with Gasteiger partial charge < -0.3 is 14.8 Å². The second-order valence-electron chi connectivity index (χ2n) is 5.89. The van der Waals surface area contributed by atoms with E-state index in [0.717, 1.165) is 32.1 Å². The molecule has 136 valence electrons. The van der Waals surface area contributed by atoms with E-state index in [0.29, 0.717) is 12.3 Å². The molecule has 0 aliphatic heterocycles. The van der Waals surface area contributed by atoms with Crippen LogP contribution in [0.2, 0.25) is 0 Å². The Morgan fingerprint density at radius 3 is 2.72 bits per heavy atom. The lowest BCUT2D eigenvalue weighted by Crippen LogP contribution is -2.41. The van der Waals surface area contributed by atoms with Crippen molar-refractivity contribution >= 4 is 17.9 Å². The van der Waals surface area contributed by atoms with Crippen LogP contribution in [-0.4, -0.2) is 37.7 Å². The van der Waals surface area contributed by atoms with Gasteiger partial charge in [-0.05, 0) is 48.9 Å². The minimum atomic E-state index is -0.681. The number of unbranched alkanes of at least 4 members (excludes halogenated alkanes) is 1. The lowest BCUT2D eigenvalue weighted by molar-refractivity contribution is -0.150. The van der Waals surface area contributed by atoms with Gasteiger partial charge in [0, 0.05) is 6.54 Å². The highest BCUT2D eigenvalue weighted by atomic mass is 16.6. The van der Waals surface area contributed by atoms with Crippen LogP contribution in [0.25, 0.3) is 0 Å². The van der Waals surface area contributed by atoms with E-state index in [1.165, 1.54) is 11.1 Å². The average molecular weight is 348 g/mol. The minimum Gasteiger partial charge on any atom is -0.482 e. The molecule has 1 aliphatic carbocycles. The monoisotopic (exact) mass is 348 g/mol. The van der Waals surface area contributed by atoms with E-state index in [9.17, 15) is 14.4 Å². The highest BCUT2D eigenvalue weighted by Gasteiger charge is 2.13. The summed E-state index contributed by atoms with van der Waals surface area (Å²) in [5, 5.41) is 4.62. The fraction of sp³-hybridized carbons (Fsp3) is 0.500. The number of aryl methyl sites for hydroxylation is 2. The van der Waals surface area contributed by atoms with Crippen LogP contribution in [0.3, 0.4) is 0 Å². The normalized spacial score (nSPS) is 12.2. The van der Waals surface area contributed by atoms with Crippen LogP contribution in [0, 0.1) is 0 Å². The van der Waals surface area contributed by atoms with Crippen molar-refractivity contribution < 1.29 is 23.9 Å². The van der Waals surface area contributed by atoms with E-state index in [4.69, 9.17) is 9.47 Å². The zero-order chi connectivity index (χ0) is 18.1. The first-order valence-electron chi connectivity index (χ1n) is 8.56. The first-order chi connectivity index (χ1) is 12.1. The SMILES string of the molecule is CCCCNC(=O)NC(=O)COC(=O)COc1ccc2c(c1)CCC2. The predicted octanol–water partition coefficient (Wildman–Crippen LogP) is 1.72. The number of fused-ring (bicyclic) bond motifs is 1. The minimum absolute atomic E-state index is 0.283. The van der Waals surface area contributed by atoms with Crippen molar-refractivity contribution in [3.05, 3.63) is 29.3 Å².